The van der Waals surface area contributed by atoms with E-state index in [1.807, 2.05) is 12.1 Å². The van der Waals surface area contributed by atoms with E-state index in [4.69, 9.17) is 11.1 Å². The zero-order chi connectivity index (χ0) is 11.1. The Morgan fingerprint density at radius 3 is 2.60 bits per heavy atom. The average molecular weight is 203 g/mol. The molecule has 5 nitrogen and oxygen atoms in total. The van der Waals surface area contributed by atoms with Gasteiger partial charge in [0, 0.05) is 13.6 Å². The molecule has 0 spiro atoms. The smallest absolute Gasteiger partial charge is 0.205 e. The molecule has 0 aromatic heterocycles. The molecule has 1 aromatic rings. The van der Waals surface area contributed by atoms with Gasteiger partial charge in [-0.3, -0.25) is 10.4 Å². The lowest BCUT2D eigenvalue weighted by Gasteiger charge is -2.07. The van der Waals surface area contributed by atoms with E-state index in [1.165, 1.54) is 0 Å². The van der Waals surface area contributed by atoms with Crippen molar-refractivity contribution in [1.29, 1.82) is 5.26 Å². The van der Waals surface area contributed by atoms with Gasteiger partial charge in [0.05, 0.1) is 11.6 Å². The number of hydrogen-bond donors (Lipinski definition) is 3. The molecule has 0 fully saturated rings. The van der Waals surface area contributed by atoms with Crippen LogP contribution in [0.2, 0.25) is 0 Å². The van der Waals surface area contributed by atoms with Crippen LogP contribution < -0.4 is 16.6 Å². The first-order valence-corrected chi connectivity index (χ1v) is 4.46. The van der Waals surface area contributed by atoms with Crippen LogP contribution in [-0.2, 0) is 6.54 Å². The number of hydrogen-bond acceptors (Lipinski definition) is 3. The van der Waals surface area contributed by atoms with Gasteiger partial charge in [-0.2, -0.15) is 5.26 Å². The van der Waals surface area contributed by atoms with Gasteiger partial charge in [-0.15, -0.1) is 0 Å². The van der Waals surface area contributed by atoms with Crippen LogP contribution in [0.3, 0.4) is 0 Å². The first-order chi connectivity index (χ1) is 7.30. The summed E-state index contributed by atoms with van der Waals surface area (Å²) < 4.78 is 0. The highest BCUT2D eigenvalue weighted by atomic mass is 15.3. The number of rotatable bonds is 2. The van der Waals surface area contributed by atoms with E-state index >= 15 is 0 Å². The summed E-state index contributed by atoms with van der Waals surface area (Å²) in [4.78, 5) is 3.87. The van der Waals surface area contributed by atoms with Crippen LogP contribution in [0.1, 0.15) is 11.1 Å². The molecule has 78 valence electrons. The third kappa shape index (κ3) is 3.29. The molecule has 0 aliphatic heterocycles. The highest BCUT2D eigenvalue weighted by Crippen LogP contribution is 2.02. The molecule has 0 atom stereocenters. The normalized spacial score (nSPS) is 10.6. The number of hydrazine groups is 1. The molecular formula is C10H13N5. The maximum atomic E-state index is 8.61. The maximum Gasteiger partial charge on any atom is 0.205 e. The van der Waals surface area contributed by atoms with Crippen LogP contribution in [0.5, 0.6) is 0 Å². The molecule has 0 aliphatic rings. The SMILES string of the molecule is CN=C(NN)NCc1ccc(C#N)cc1. The Morgan fingerprint density at radius 1 is 1.47 bits per heavy atom. The number of nitrogens with two attached hydrogens (primary N) is 1. The lowest BCUT2D eigenvalue weighted by Crippen LogP contribution is -2.40. The number of nitrogens with zero attached hydrogens (tertiary/aromatic N) is 2. The van der Waals surface area contributed by atoms with Crippen molar-refractivity contribution in [3.05, 3.63) is 35.4 Å². The molecule has 0 bridgehead atoms. The van der Waals surface area contributed by atoms with Crippen LogP contribution in [0.4, 0.5) is 0 Å². The fourth-order valence-corrected chi connectivity index (χ4v) is 1.08. The summed E-state index contributed by atoms with van der Waals surface area (Å²) in [6.45, 7) is 0.614. The van der Waals surface area contributed by atoms with Crippen LogP contribution in [0.15, 0.2) is 29.3 Å². The highest BCUT2D eigenvalue weighted by molar-refractivity contribution is 5.78. The van der Waals surface area contributed by atoms with Crippen molar-refractivity contribution in [3.8, 4) is 6.07 Å². The quantitative estimate of drug-likeness (QED) is 0.275. The van der Waals surface area contributed by atoms with Gasteiger partial charge in [0.15, 0.2) is 0 Å². The molecule has 0 radical (unpaired) electrons. The molecule has 0 heterocycles. The van der Waals surface area contributed by atoms with Crippen molar-refractivity contribution in [3.63, 3.8) is 0 Å². The van der Waals surface area contributed by atoms with Crippen LogP contribution in [-0.4, -0.2) is 13.0 Å². The predicted octanol–water partition coefficient (Wildman–Crippen LogP) is 0.0970. The molecule has 0 saturated carbocycles. The minimum Gasteiger partial charge on any atom is -0.351 e. The lowest BCUT2D eigenvalue weighted by atomic mass is 10.1. The Hall–Kier alpha value is -2.06. The fourth-order valence-electron chi connectivity index (χ4n) is 1.08. The maximum absolute atomic E-state index is 8.61. The van der Waals surface area contributed by atoms with Crippen LogP contribution in [0.25, 0.3) is 0 Å². The lowest BCUT2D eigenvalue weighted by molar-refractivity contribution is 0.840. The monoisotopic (exact) mass is 203 g/mol. The summed E-state index contributed by atoms with van der Waals surface area (Å²) in [6.07, 6.45) is 0. The van der Waals surface area contributed by atoms with Gasteiger partial charge >= 0.3 is 0 Å². The van der Waals surface area contributed by atoms with Gasteiger partial charge in [0.2, 0.25) is 5.96 Å². The zero-order valence-electron chi connectivity index (χ0n) is 8.49. The first kappa shape index (κ1) is 11.0. The van der Waals surface area contributed by atoms with Crippen molar-refractivity contribution in [1.82, 2.24) is 10.7 Å². The van der Waals surface area contributed by atoms with E-state index in [2.05, 4.69) is 21.8 Å². The van der Waals surface area contributed by atoms with E-state index in [0.717, 1.165) is 5.56 Å². The zero-order valence-corrected chi connectivity index (χ0v) is 8.49. The summed E-state index contributed by atoms with van der Waals surface area (Å²) >= 11 is 0. The molecule has 0 unspecified atom stereocenters. The summed E-state index contributed by atoms with van der Waals surface area (Å²) in [7, 11) is 1.64. The average Bonchev–Trinajstić information content (AvgIpc) is 2.31. The topological polar surface area (TPSA) is 86.2 Å². The Kier molecular flexibility index (Phi) is 4.13. The summed E-state index contributed by atoms with van der Waals surface area (Å²) in [6, 6.07) is 9.38. The van der Waals surface area contributed by atoms with Gasteiger partial charge in [-0.05, 0) is 17.7 Å². The van der Waals surface area contributed by atoms with Gasteiger partial charge < -0.3 is 5.32 Å². The van der Waals surface area contributed by atoms with E-state index in [-0.39, 0.29) is 0 Å². The third-order valence-corrected chi connectivity index (χ3v) is 1.90. The summed E-state index contributed by atoms with van der Waals surface area (Å²) in [5.41, 5.74) is 4.14. The second kappa shape index (κ2) is 5.62. The number of aliphatic imine (C=N–C) groups is 1. The predicted molar refractivity (Wildman–Crippen MR) is 58.7 cm³/mol. The van der Waals surface area contributed by atoms with Gasteiger partial charge in [-0.1, -0.05) is 12.1 Å². The van der Waals surface area contributed by atoms with Crippen molar-refractivity contribution in [2.45, 2.75) is 6.54 Å². The standard InChI is InChI=1S/C10H13N5/c1-13-10(15-12)14-7-9-4-2-8(6-11)3-5-9/h2-5H,7,12H2,1H3,(H2,13,14,15). The molecule has 15 heavy (non-hydrogen) atoms. The van der Waals surface area contributed by atoms with Crippen molar-refractivity contribution < 1.29 is 0 Å². The first-order valence-electron chi connectivity index (χ1n) is 4.46. The number of nitrogens with one attached hydrogen (secondary N) is 2. The van der Waals surface area contributed by atoms with E-state index < -0.39 is 0 Å². The molecule has 1 aromatic carbocycles. The Labute approximate surface area is 88.6 Å². The molecule has 4 N–H and O–H groups in total. The molecule has 0 amide bonds. The Morgan fingerprint density at radius 2 is 2.13 bits per heavy atom. The summed E-state index contributed by atoms with van der Waals surface area (Å²) in [5, 5.41) is 11.6. The minimum absolute atomic E-state index is 0.527. The second-order valence-corrected chi connectivity index (χ2v) is 2.88. The Bertz CT molecular complexity index is 374. The number of guanidine groups is 1. The van der Waals surface area contributed by atoms with Crippen LogP contribution in [0, 0.1) is 11.3 Å². The van der Waals surface area contributed by atoms with E-state index in [0.29, 0.717) is 18.1 Å². The van der Waals surface area contributed by atoms with Gasteiger partial charge in [0.25, 0.3) is 0 Å². The van der Waals surface area contributed by atoms with Gasteiger partial charge in [-0.25, -0.2) is 5.84 Å². The van der Waals surface area contributed by atoms with E-state index in [9.17, 15) is 0 Å². The molecule has 5 heteroatoms. The Balaban J connectivity index is 2.55. The largest absolute Gasteiger partial charge is 0.351 e. The molecule has 1 rings (SSSR count). The van der Waals surface area contributed by atoms with Gasteiger partial charge in [0.1, 0.15) is 0 Å². The summed E-state index contributed by atoms with van der Waals surface area (Å²) in [5.74, 6) is 5.73. The molecular weight excluding hydrogens is 190 g/mol. The number of nitriles is 1. The minimum atomic E-state index is 0.527. The van der Waals surface area contributed by atoms with Crippen molar-refractivity contribution >= 4 is 5.96 Å². The van der Waals surface area contributed by atoms with Crippen molar-refractivity contribution in [2.75, 3.05) is 7.05 Å². The molecule has 0 aliphatic carbocycles. The van der Waals surface area contributed by atoms with Crippen molar-refractivity contribution in [2.24, 2.45) is 10.8 Å². The molecule has 0 saturated heterocycles. The number of benzene rings is 1. The highest BCUT2D eigenvalue weighted by Gasteiger charge is 1.95. The third-order valence-electron chi connectivity index (χ3n) is 1.90. The van der Waals surface area contributed by atoms with E-state index in [1.54, 1.807) is 19.2 Å². The second-order valence-electron chi connectivity index (χ2n) is 2.88. The van der Waals surface area contributed by atoms with Crippen LogP contribution >= 0.6 is 0 Å². The fraction of sp³-hybridized carbons (Fsp3) is 0.200.